The molecule has 0 saturated heterocycles. The number of carbonyl (C=O) groups excluding carboxylic acids is 1. The van der Waals surface area contributed by atoms with Crippen LogP contribution in [-0.4, -0.2) is 26.0 Å². The summed E-state index contributed by atoms with van der Waals surface area (Å²) in [6, 6.07) is 20.2. The number of amides is 1. The summed E-state index contributed by atoms with van der Waals surface area (Å²) in [5, 5.41) is 3.03. The number of carbonyl (C=O) groups is 1. The highest BCUT2D eigenvalue weighted by atomic mass is 35.5. The summed E-state index contributed by atoms with van der Waals surface area (Å²) in [5.74, 6) is 0.159. The third-order valence-electron chi connectivity index (χ3n) is 3.42. The minimum atomic E-state index is 0. The Kier molecular flexibility index (Phi) is 8.26. The third-order valence-corrected chi connectivity index (χ3v) is 3.42. The largest absolute Gasteiger partial charge is 0.319 e. The van der Waals surface area contributed by atoms with E-state index in [2.05, 4.69) is 17.4 Å². The molecule has 1 amide bonds. The number of anilines is 1. The molecule has 2 aromatic rings. The van der Waals surface area contributed by atoms with Crippen LogP contribution in [0, 0.1) is 0 Å². The highest BCUT2D eigenvalue weighted by Gasteiger charge is 2.14. The van der Waals surface area contributed by atoms with Crippen molar-refractivity contribution in [1.29, 1.82) is 0 Å². The minimum absolute atomic E-state index is 0. The van der Waals surface area contributed by atoms with Gasteiger partial charge in [0, 0.05) is 25.2 Å². The summed E-state index contributed by atoms with van der Waals surface area (Å²) in [7, 11) is 1.87. The second-order valence-corrected chi connectivity index (χ2v) is 4.97. The van der Waals surface area contributed by atoms with Crippen LogP contribution in [0.4, 0.5) is 5.69 Å². The average Bonchev–Trinajstić information content (AvgIpc) is 2.55. The highest BCUT2D eigenvalue weighted by Crippen LogP contribution is 2.15. The topological polar surface area (TPSA) is 32.3 Å². The van der Waals surface area contributed by atoms with Gasteiger partial charge < -0.3 is 10.2 Å². The molecule has 3 nitrogen and oxygen atoms in total. The van der Waals surface area contributed by atoms with Crippen molar-refractivity contribution >= 4 is 24.0 Å². The maximum absolute atomic E-state index is 12.4. The summed E-state index contributed by atoms with van der Waals surface area (Å²) in [6.45, 7) is 1.41. The molecule has 0 unspecified atom stereocenters. The molecule has 0 spiro atoms. The first-order chi connectivity index (χ1) is 10.3. The van der Waals surface area contributed by atoms with E-state index in [4.69, 9.17) is 0 Å². The van der Waals surface area contributed by atoms with Crippen LogP contribution in [0.15, 0.2) is 60.7 Å². The number of nitrogens with one attached hydrogen (secondary N) is 1. The summed E-state index contributed by atoms with van der Waals surface area (Å²) in [5.41, 5.74) is 2.22. The maximum atomic E-state index is 12.4. The van der Waals surface area contributed by atoms with Crippen LogP contribution in [0.2, 0.25) is 0 Å². The van der Waals surface area contributed by atoms with Crippen LogP contribution >= 0.6 is 12.4 Å². The first-order valence-corrected chi connectivity index (χ1v) is 7.35. The molecule has 0 atom stereocenters. The Labute approximate surface area is 138 Å². The normalized spacial score (nSPS) is 9.86. The first kappa shape index (κ1) is 18.2. The van der Waals surface area contributed by atoms with Crippen LogP contribution in [0.25, 0.3) is 0 Å². The van der Waals surface area contributed by atoms with Gasteiger partial charge in [-0.3, -0.25) is 4.79 Å². The molecule has 22 heavy (non-hydrogen) atoms. The van der Waals surface area contributed by atoms with Gasteiger partial charge in [0.1, 0.15) is 0 Å². The Morgan fingerprint density at radius 1 is 1.00 bits per heavy atom. The fourth-order valence-electron chi connectivity index (χ4n) is 2.26. The maximum Gasteiger partial charge on any atom is 0.228 e. The van der Waals surface area contributed by atoms with E-state index in [0.717, 1.165) is 12.1 Å². The molecular weight excluding hydrogens is 296 g/mol. The Hall–Kier alpha value is -1.84. The Morgan fingerprint density at radius 2 is 1.59 bits per heavy atom. The predicted molar refractivity (Wildman–Crippen MR) is 94.7 cm³/mol. The zero-order valence-corrected chi connectivity index (χ0v) is 13.7. The monoisotopic (exact) mass is 318 g/mol. The van der Waals surface area contributed by atoms with E-state index in [-0.39, 0.29) is 18.3 Å². The van der Waals surface area contributed by atoms with E-state index < -0.39 is 0 Å². The minimum Gasteiger partial charge on any atom is -0.319 e. The molecule has 0 aliphatic rings. The van der Waals surface area contributed by atoms with Crippen molar-refractivity contribution in [2.45, 2.75) is 12.8 Å². The third kappa shape index (κ3) is 5.51. The molecule has 0 fully saturated rings. The molecule has 2 rings (SSSR count). The summed E-state index contributed by atoms with van der Waals surface area (Å²) < 4.78 is 0. The number of hydrogen-bond donors (Lipinski definition) is 1. The van der Waals surface area contributed by atoms with Crippen LogP contribution in [0.1, 0.15) is 12.0 Å². The van der Waals surface area contributed by atoms with Crippen molar-refractivity contribution < 1.29 is 4.79 Å². The lowest BCUT2D eigenvalue weighted by Crippen LogP contribution is -2.34. The molecule has 0 aliphatic heterocycles. The van der Waals surface area contributed by atoms with Gasteiger partial charge in [-0.05, 0) is 31.2 Å². The van der Waals surface area contributed by atoms with Gasteiger partial charge in [0.15, 0.2) is 0 Å². The zero-order valence-electron chi connectivity index (χ0n) is 12.9. The van der Waals surface area contributed by atoms with Gasteiger partial charge in [-0.2, -0.15) is 0 Å². The molecule has 0 radical (unpaired) electrons. The quantitative estimate of drug-likeness (QED) is 0.849. The number of benzene rings is 2. The second kappa shape index (κ2) is 9.98. The standard InChI is InChI=1S/C18H22N2O.ClH/c1-19-14-12-18(21)20(17-10-6-3-7-11-17)15-13-16-8-4-2-5-9-16;/h2-11,19H,12-15H2,1H3;1H. The van der Waals surface area contributed by atoms with Crippen LogP contribution in [0.5, 0.6) is 0 Å². The van der Waals surface area contributed by atoms with Crippen LogP contribution in [0.3, 0.4) is 0 Å². The van der Waals surface area contributed by atoms with E-state index in [1.165, 1.54) is 5.56 Å². The highest BCUT2D eigenvalue weighted by molar-refractivity contribution is 5.93. The lowest BCUT2D eigenvalue weighted by Gasteiger charge is -2.23. The molecule has 0 bridgehead atoms. The van der Waals surface area contributed by atoms with Gasteiger partial charge in [-0.25, -0.2) is 0 Å². The molecule has 0 aromatic heterocycles. The van der Waals surface area contributed by atoms with Gasteiger partial charge in [-0.15, -0.1) is 12.4 Å². The van der Waals surface area contributed by atoms with Crippen molar-refractivity contribution in [2.24, 2.45) is 0 Å². The zero-order chi connectivity index (χ0) is 14.9. The molecule has 0 aliphatic carbocycles. The van der Waals surface area contributed by atoms with E-state index in [0.29, 0.717) is 19.5 Å². The molecule has 0 heterocycles. The van der Waals surface area contributed by atoms with Crippen molar-refractivity contribution in [1.82, 2.24) is 5.32 Å². The van der Waals surface area contributed by atoms with E-state index >= 15 is 0 Å². The number of rotatable bonds is 7. The Bertz CT molecular complexity index is 546. The lowest BCUT2D eigenvalue weighted by atomic mass is 10.1. The van der Waals surface area contributed by atoms with Gasteiger partial charge >= 0.3 is 0 Å². The molecule has 118 valence electrons. The van der Waals surface area contributed by atoms with Crippen molar-refractivity contribution in [2.75, 3.05) is 25.0 Å². The smallest absolute Gasteiger partial charge is 0.228 e. The molecule has 4 heteroatoms. The van der Waals surface area contributed by atoms with Crippen molar-refractivity contribution in [3.05, 3.63) is 66.2 Å². The van der Waals surface area contributed by atoms with E-state index in [9.17, 15) is 4.79 Å². The fourth-order valence-corrected chi connectivity index (χ4v) is 2.26. The number of nitrogens with zero attached hydrogens (tertiary/aromatic N) is 1. The van der Waals surface area contributed by atoms with Crippen LogP contribution in [-0.2, 0) is 11.2 Å². The Balaban J connectivity index is 0.00000242. The molecule has 1 N–H and O–H groups in total. The van der Waals surface area contributed by atoms with Gasteiger partial charge in [0.2, 0.25) is 5.91 Å². The molecule has 0 saturated carbocycles. The second-order valence-electron chi connectivity index (χ2n) is 4.97. The average molecular weight is 319 g/mol. The van der Waals surface area contributed by atoms with Gasteiger partial charge in [0.25, 0.3) is 0 Å². The number of halogens is 1. The molecule has 2 aromatic carbocycles. The number of para-hydroxylation sites is 1. The van der Waals surface area contributed by atoms with Gasteiger partial charge in [0.05, 0.1) is 0 Å². The van der Waals surface area contributed by atoms with Crippen LogP contribution < -0.4 is 10.2 Å². The summed E-state index contributed by atoms with van der Waals surface area (Å²) in [4.78, 5) is 14.3. The Morgan fingerprint density at radius 3 is 2.18 bits per heavy atom. The number of hydrogen-bond acceptors (Lipinski definition) is 2. The summed E-state index contributed by atoms with van der Waals surface area (Å²) in [6.07, 6.45) is 1.38. The van der Waals surface area contributed by atoms with E-state index in [1.807, 2.05) is 60.5 Å². The van der Waals surface area contributed by atoms with Crippen molar-refractivity contribution in [3.8, 4) is 0 Å². The van der Waals surface area contributed by atoms with Crippen molar-refractivity contribution in [3.63, 3.8) is 0 Å². The van der Waals surface area contributed by atoms with Gasteiger partial charge in [-0.1, -0.05) is 48.5 Å². The van der Waals surface area contributed by atoms with E-state index in [1.54, 1.807) is 0 Å². The lowest BCUT2D eigenvalue weighted by molar-refractivity contribution is -0.118. The predicted octanol–water partition coefficient (Wildman–Crippen LogP) is 3.29. The summed E-state index contributed by atoms with van der Waals surface area (Å²) >= 11 is 0. The molecular formula is C18H23ClN2O. The fraction of sp³-hybridized carbons (Fsp3) is 0.278. The SMILES string of the molecule is CNCCC(=O)N(CCc1ccccc1)c1ccccc1.Cl. The first-order valence-electron chi connectivity index (χ1n) is 7.35.